The van der Waals surface area contributed by atoms with Crippen molar-refractivity contribution in [2.75, 3.05) is 18.4 Å². The minimum atomic E-state index is -4.81. The van der Waals surface area contributed by atoms with Crippen LogP contribution in [0.25, 0.3) is 0 Å². The largest absolute Gasteiger partial charge is 0.435 e. The lowest BCUT2D eigenvalue weighted by Gasteiger charge is -2.32. The van der Waals surface area contributed by atoms with Crippen LogP contribution in [-0.4, -0.2) is 48.5 Å². The summed E-state index contributed by atoms with van der Waals surface area (Å²) >= 11 is 6.26. The molecule has 0 saturated carbocycles. The molecule has 196 valence electrons. The molecule has 1 aromatic heterocycles. The fourth-order valence-electron chi connectivity index (χ4n) is 4.12. The fourth-order valence-corrected chi connectivity index (χ4v) is 5.12. The topological polar surface area (TPSA) is 109 Å². The van der Waals surface area contributed by atoms with Crippen molar-refractivity contribution in [2.45, 2.75) is 30.4 Å². The first kappa shape index (κ1) is 26.7. The van der Waals surface area contributed by atoms with Crippen molar-refractivity contribution in [2.24, 2.45) is 0 Å². The van der Waals surface area contributed by atoms with Crippen molar-refractivity contribution < 1.29 is 35.7 Å². The van der Waals surface area contributed by atoms with Gasteiger partial charge in [-0.3, -0.25) is 9.35 Å². The minimum absolute atomic E-state index is 0.0504. The van der Waals surface area contributed by atoms with Gasteiger partial charge in [-0.1, -0.05) is 23.7 Å². The summed E-state index contributed by atoms with van der Waals surface area (Å²) in [5.41, 5.74) is 1.07. The van der Waals surface area contributed by atoms with Crippen LogP contribution in [0.5, 0.6) is 5.75 Å². The first-order chi connectivity index (χ1) is 17.5. The number of anilines is 2. The third kappa shape index (κ3) is 6.32. The molecule has 37 heavy (non-hydrogen) atoms. The Morgan fingerprint density at radius 2 is 1.73 bits per heavy atom. The van der Waals surface area contributed by atoms with Crippen molar-refractivity contribution in [3.05, 3.63) is 76.7 Å². The molecule has 1 fully saturated rings. The molecular formula is C24H21ClF3N3O5S. The number of carbonyl (C=O) groups excluding carboxylic acids is 1. The van der Waals surface area contributed by atoms with E-state index in [0.29, 0.717) is 25.9 Å². The van der Waals surface area contributed by atoms with Crippen LogP contribution >= 0.6 is 11.6 Å². The van der Waals surface area contributed by atoms with E-state index < -0.39 is 32.7 Å². The van der Waals surface area contributed by atoms with E-state index in [2.05, 4.69) is 15.0 Å². The molecule has 1 saturated heterocycles. The molecule has 13 heteroatoms. The molecular weight excluding hydrogens is 535 g/mol. The van der Waals surface area contributed by atoms with E-state index in [1.165, 1.54) is 36.4 Å². The highest BCUT2D eigenvalue weighted by atomic mass is 35.5. The number of carbonyl (C=O) groups is 1. The highest BCUT2D eigenvalue weighted by molar-refractivity contribution is 7.85. The Hall–Kier alpha value is -3.35. The summed E-state index contributed by atoms with van der Waals surface area (Å²) < 4.78 is 75.4. The summed E-state index contributed by atoms with van der Waals surface area (Å²) in [6, 6.07) is 11.4. The van der Waals surface area contributed by atoms with Crippen LogP contribution in [-0.2, 0) is 10.1 Å². The SMILES string of the molecule is O=C(c1cnc(S(=O)(=O)O)c(Cl)c1Nc1ccc(OC(F)F)cc1)N1CCC(c2ccc(F)cc2)CC1. The van der Waals surface area contributed by atoms with Crippen LogP contribution in [0.3, 0.4) is 0 Å². The van der Waals surface area contributed by atoms with E-state index in [1.807, 2.05) is 0 Å². The molecule has 2 aromatic carbocycles. The van der Waals surface area contributed by atoms with Crippen LogP contribution in [0.4, 0.5) is 24.5 Å². The van der Waals surface area contributed by atoms with Crippen LogP contribution in [0.1, 0.15) is 34.7 Å². The predicted molar refractivity (Wildman–Crippen MR) is 130 cm³/mol. The average Bonchev–Trinajstić information content (AvgIpc) is 2.85. The predicted octanol–water partition coefficient (Wildman–Crippen LogP) is 5.49. The number of pyridine rings is 1. The average molecular weight is 556 g/mol. The lowest BCUT2D eigenvalue weighted by molar-refractivity contribution is -0.0498. The maximum Gasteiger partial charge on any atom is 0.387 e. The van der Waals surface area contributed by atoms with Crippen LogP contribution in [0.15, 0.2) is 59.8 Å². The van der Waals surface area contributed by atoms with Crippen molar-refractivity contribution in [3.8, 4) is 5.75 Å². The second kappa shape index (κ2) is 11.0. The lowest BCUT2D eigenvalue weighted by Crippen LogP contribution is -2.38. The van der Waals surface area contributed by atoms with Crippen molar-refractivity contribution in [3.63, 3.8) is 0 Å². The van der Waals surface area contributed by atoms with Gasteiger partial charge in [-0.2, -0.15) is 17.2 Å². The summed E-state index contributed by atoms with van der Waals surface area (Å²) in [6.07, 6.45) is 2.24. The smallest absolute Gasteiger partial charge is 0.387 e. The van der Waals surface area contributed by atoms with Gasteiger partial charge in [-0.25, -0.2) is 9.37 Å². The number of nitrogens with zero attached hydrogens (tertiary/aromatic N) is 2. The van der Waals surface area contributed by atoms with Crippen LogP contribution in [0, 0.1) is 5.82 Å². The summed E-state index contributed by atoms with van der Waals surface area (Å²) in [4.78, 5) is 18.7. The Kier molecular flexibility index (Phi) is 7.90. The molecule has 4 rings (SSSR count). The number of hydrogen-bond donors (Lipinski definition) is 2. The molecule has 0 radical (unpaired) electrons. The molecule has 2 N–H and O–H groups in total. The summed E-state index contributed by atoms with van der Waals surface area (Å²) in [5.74, 6) is -0.778. The molecule has 2 heterocycles. The second-order valence-corrected chi connectivity index (χ2v) is 10.0. The van der Waals surface area contributed by atoms with Crippen LogP contribution < -0.4 is 10.1 Å². The van der Waals surface area contributed by atoms with Gasteiger partial charge in [0.2, 0.25) is 5.03 Å². The zero-order valence-corrected chi connectivity index (χ0v) is 20.6. The number of amides is 1. The Labute approximate surface area is 215 Å². The zero-order valence-electron chi connectivity index (χ0n) is 19.1. The highest BCUT2D eigenvalue weighted by Gasteiger charge is 2.30. The Balaban J connectivity index is 1.59. The monoisotopic (exact) mass is 555 g/mol. The number of nitrogens with one attached hydrogen (secondary N) is 1. The molecule has 3 aromatic rings. The van der Waals surface area contributed by atoms with Gasteiger partial charge in [0.05, 0.1) is 11.3 Å². The first-order valence-electron chi connectivity index (χ1n) is 11.1. The van der Waals surface area contributed by atoms with E-state index in [1.54, 1.807) is 17.0 Å². The molecule has 1 aliphatic rings. The van der Waals surface area contributed by atoms with E-state index in [-0.39, 0.29) is 34.4 Å². The van der Waals surface area contributed by atoms with Gasteiger partial charge in [-0.05, 0) is 60.7 Å². The number of likely N-dealkylation sites (tertiary alicyclic amines) is 1. The lowest BCUT2D eigenvalue weighted by atomic mass is 9.89. The van der Waals surface area contributed by atoms with Gasteiger partial charge in [0, 0.05) is 25.0 Å². The maximum atomic E-state index is 13.4. The number of hydrogen-bond acceptors (Lipinski definition) is 6. The van der Waals surface area contributed by atoms with Gasteiger partial charge in [0.25, 0.3) is 5.91 Å². The Morgan fingerprint density at radius 1 is 1.11 bits per heavy atom. The molecule has 0 spiro atoms. The summed E-state index contributed by atoms with van der Waals surface area (Å²) in [5, 5.41) is 1.46. The molecule has 1 aliphatic heterocycles. The molecule has 0 bridgehead atoms. The van der Waals surface area contributed by atoms with E-state index in [0.717, 1.165) is 11.8 Å². The number of benzene rings is 2. The van der Waals surface area contributed by atoms with Crippen molar-refractivity contribution >= 4 is 39.0 Å². The zero-order chi connectivity index (χ0) is 26.7. The number of piperidine rings is 1. The minimum Gasteiger partial charge on any atom is -0.435 e. The Bertz CT molecular complexity index is 1380. The number of ether oxygens (including phenoxy) is 1. The highest BCUT2D eigenvalue weighted by Crippen LogP contribution is 2.36. The number of alkyl halides is 2. The van der Waals surface area contributed by atoms with Crippen molar-refractivity contribution in [1.29, 1.82) is 0 Å². The first-order valence-corrected chi connectivity index (χ1v) is 12.9. The van der Waals surface area contributed by atoms with Gasteiger partial charge in [0.15, 0.2) is 0 Å². The fraction of sp³-hybridized carbons (Fsp3) is 0.250. The molecule has 0 unspecified atom stereocenters. The van der Waals surface area contributed by atoms with Gasteiger partial charge >= 0.3 is 16.7 Å². The molecule has 0 atom stereocenters. The molecule has 0 aliphatic carbocycles. The van der Waals surface area contributed by atoms with Crippen molar-refractivity contribution in [1.82, 2.24) is 9.88 Å². The maximum absolute atomic E-state index is 13.4. The van der Waals surface area contributed by atoms with Gasteiger partial charge in [-0.15, -0.1) is 0 Å². The Morgan fingerprint density at radius 3 is 2.30 bits per heavy atom. The standard InChI is InChI=1S/C24H21ClF3N3O5S/c25-20-21(30-17-5-7-18(8-6-17)36-24(27)28)19(13-29-22(20)37(33,34)35)23(32)31-11-9-15(10-12-31)14-1-3-16(26)4-2-14/h1-8,13,15,24H,9-12H2,(H,29,30)(H,33,34,35). The summed E-state index contributed by atoms with van der Waals surface area (Å²) in [6.45, 7) is -2.27. The number of rotatable bonds is 7. The molecule has 1 amide bonds. The third-order valence-electron chi connectivity index (χ3n) is 5.93. The van der Waals surface area contributed by atoms with E-state index in [4.69, 9.17) is 11.6 Å². The second-order valence-electron chi connectivity index (χ2n) is 8.29. The third-order valence-corrected chi connectivity index (χ3v) is 7.21. The summed E-state index contributed by atoms with van der Waals surface area (Å²) in [7, 11) is -4.81. The van der Waals surface area contributed by atoms with Crippen LogP contribution in [0.2, 0.25) is 5.02 Å². The molecule has 8 nitrogen and oxygen atoms in total. The van der Waals surface area contributed by atoms with E-state index >= 15 is 0 Å². The normalized spacial score (nSPS) is 14.6. The quantitative estimate of drug-likeness (QED) is 0.371. The van der Waals surface area contributed by atoms with Gasteiger partial charge < -0.3 is 15.0 Å². The number of aromatic nitrogens is 1. The number of halogens is 4. The van der Waals surface area contributed by atoms with E-state index in [9.17, 15) is 30.9 Å². The van der Waals surface area contributed by atoms with Gasteiger partial charge in [0.1, 0.15) is 16.6 Å².